The van der Waals surface area contributed by atoms with Crippen LogP contribution in [-0.4, -0.2) is 6.04 Å². The van der Waals surface area contributed by atoms with Crippen LogP contribution in [0.15, 0.2) is 36.4 Å². The van der Waals surface area contributed by atoms with Gasteiger partial charge in [0, 0.05) is 6.04 Å². The molecule has 0 spiro atoms. The van der Waals surface area contributed by atoms with E-state index in [4.69, 9.17) is 5.73 Å². The van der Waals surface area contributed by atoms with Crippen LogP contribution < -0.4 is 5.73 Å². The Bertz CT molecular complexity index is 381. The average molecular weight is 215 g/mol. The van der Waals surface area contributed by atoms with E-state index in [1.54, 1.807) is 0 Å². The Morgan fingerprint density at radius 1 is 1.50 bits per heavy atom. The summed E-state index contributed by atoms with van der Waals surface area (Å²) in [5, 5.41) is 0. The van der Waals surface area contributed by atoms with Gasteiger partial charge in [0.1, 0.15) is 0 Å². The molecule has 2 unspecified atom stereocenters. The standard InChI is InChI=1S/C15H21N/c1-11(2)10-15(16)14-9-5-7-12-6-3-4-8-13(12)14/h3-4,6,8,14-15H,1,5,7,9-10,16H2,2H3. The highest BCUT2D eigenvalue weighted by Gasteiger charge is 2.24. The van der Waals surface area contributed by atoms with E-state index in [-0.39, 0.29) is 6.04 Å². The van der Waals surface area contributed by atoms with Gasteiger partial charge in [-0.15, -0.1) is 6.58 Å². The maximum Gasteiger partial charge on any atom is 0.0145 e. The smallest absolute Gasteiger partial charge is 0.0145 e. The fraction of sp³-hybridized carbons (Fsp3) is 0.467. The molecule has 1 aliphatic rings. The second-order valence-electron chi connectivity index (χ2n) is 5.02. The lowest BCUT2D eigenvalue weighted by atomic mass is 9.77. The number of benzene rings is 1. The molecule has 1 aliphatic carbocycles. The van der Waals surface area contributed by atoms with E-state index in [1.807, 2.05) is 0 Å². The molecule has 0 aliphatic heterocycles. The number of nitrogens with two attached hydrogens (primary N) is 1. The predicted molar refractivity (Wildman–Crippen MR) is 69.5 cm³/mol. The highest BCUT2D eigenvalue weighted by atomic mass is 14.7. The van der Waals surface area contributed by atoms with Crippen LogP contribution in [0.25, 0.3) is 0 Å². The molecule has 1 heteroatoms. The molecule has 1 nitrogen and oxygen atoms in total. The van der Waals surface area contributed by atoms with Gasteiger partial charge in [-0.3, -0.25) is 0 Å². The highest BCUT2D eigenvalue weighted by molar-refractivity contribution is 5.33. The van der Waals surface area contributed by atoms with Gasteiger partial charge < -0.3 is 5.73 Å². The molecule has 1 aromatic rings. The first-order chi connectivity index (χ1) is 7.68. The van der Waals surface area contributed by atoms with Crippen LogP contribution in [0, 0.1) is 0 Å². The van der Waals surface area contributed by atoms with Crippen molar-refractivity contribution in [3.8, 4) is 0 Å². The molecule has 0 saturated carbocycles. The lowest BCUT2D eigenvalue weighted by Gasteiger charge is -2.30. The number of rotatable bonds is 3. The Hall–Kier alpha value is -1.08. The van der Waals surface area contributed by atoms with Gasteiger partial charge in [0.05, 0.1) is 0 Å². The van der Waals surface area contributed by atoms with E-state index < -0.39 is 0 Å². The fourth-order valence-corrected chi connectivity index (χ4v) is 2.78. The lowest BCUT2D eigenvalue weighted by molar-refractivity contribution is 0.459. The Morgan fingerprint density at radius 3 is 3.00 bits per heavy atom. The van der Waals surface area contributed by atoms with Crippen molar-refractivity contribution < 1.29 is 0 Å². The van der Waals surface area contributed by atoms with Crippen LogP contribution in [-0.2, 0) is 6.42 Å². The van der Waals surface area contributed by atoms with Crippen molar-refractivity contribution in [1.82, 2.24) is 0 Å². The summed E-state index contributed by atoms with van der Waals surface area (Å²) in [6.45, 7) is 6.03. The van der Waals surface area contributed by atoms with Crippen molar-refractivity contribution in [3.05, 3.63) is 47.5 Å². The van der Waals surface area contributed by atoms with Gasteiger partial charge in [0.15, 0.2) is 0 Å². The average Bonchev–Trinajstić information content (AvgIpc) is 2.27. The van der Waals surface area contributed by atoms with Crippen molar-refractivity contribution in [2.75, 3.05) is 0 Å². The van der Waals surface area contributed by atoms with Crippen molar-refractivity contribution >= 4 is 0 Å². The first kappa shape index (κ1) is 11.4. The summed E-state index contributed by atoms with van der Waals surface area (Å²) in [5.41, 5.74) is 10.5. The molecule has 0 bridgehead atoms. The van der Waals surface area contributed by atoms with E-state index in [9.17, 15) is 0 Å². The third-order valence-corrected chi connectivity index (χ3v) is 3.52. The third-order valence-electron chi connectivity index (χ3n) is 3.52. The van der Waals surface area contributed by atoms with E-state index >= 15 is 0 Å². The van der Waals surface area contributed by atoms with Gasteiger partial charge in [-0.25, -0.2) is 0 Å². The zero-order valence-electron chi connectivity index (χ0n) is 10.1. The molecule has 0 heterocycles. The minimum Gasteiger partial charge on any atom is -0.327 e. The Labute approximate surface area is 98.4 Å². The SMILES string of the molecule is C=C(C)CC(N)C1CCCc2ccccc21. The summed E-state index contributed by atoms with van der Waals surface area (Å²) >= 11 is 0. The number of fused-ring (bicyclic) bond motifs is 1. The molecule has 0 amide bonds. The van der Waals surface area contributed by atoms with Crippen molar-refractivity contribution in [1.29, 1.82) is 0 Å². The number of aryl methyl sites for hydroxylation is 1. The summed E-state index contributed by atoms with van der Waals surface area (Å²) < 4.78 is 0. The van der Waals surface area contributed by atoms with E-state index in [0.29, 0.717) is 5.92 Å². The Balaban J connectivity index is 2.21. The van der Waals surface area contributed by atoms with Gasteiger partial charge in [0.2, 0.25) is 0 Å². The molecule has 2 rings (SSSR count). The molecule has 2 atom stereocenters. The normalized spacial score (nSPS) is 21.2. The zero-order chi connectivity index (χ0) is 11.5. The maximum atomic E-state index is 6.30. The predicted octanol–water partition coefficient (Wildman–Crippen LogP) is 3.40. The summed E-state index contributed by atoms with van der Waals surface area (Å²) in [7, 11) is 0. The van der Waals surface area contributed by atoms with Crippen molar-refractivity contribution in [2.24, 2.45) is 5.73 Å². The van der Waals surface area contributed by atoms with Crippen LogP contribution >= 0.6 is 0 Å². The second kappa shape index (κ2) is 4.84. The molecule has 1 aromatic carbocycles. The minimum atomic E-state index is 0.235. The number of hydrogen-bond donors (Lipinski definition) is 1. The summed E-state index contributed by atoms with van der Waals surface area (Å²) in [4.78, 5) is 0. The first-order valence-electron chi connectivity index (χ1n) is 6.16. The van der Waals surface area contributed by atoms with Crippen molar-refractivity contribution in [3.63, 3.8) is 0 Å². The zero-order valence-corrected chi connectivity index (χ0v) is 10.1. The first-order valence-corrected chi connectivity index (χ1v) is 6.16. The van der Waals surface area contributed by atoms with E-state index in [0.717, 1.165) is 6.42 Å². The van der Waals surface area contributed by atoms with E-state index in [2.05, 4.69) is 37.8 Å². The van der Waals surface area contributed by atoms with Crippen LogP contribution in [0.5, 0.6) is 0 Å². The molecule has 0 saturated heterocycles. The Morgan fingerprint density at radius 2 is 2.25 bits per heavy atom. The third kappa shape index (κ3) is 2.35. The van der Waals surface area contributed by atoms with Gasteiger partial charge in [-0.2, -0.15) is 0 Å². The maximum absolute atomic E-state index is 6.30. The summed E-state index contributed by atoms with van der Waals surface area (Å²) in [5.74, 6) is 0.529. The van der Waals surface area contributed by atoms with Crippen molar-refractivity contribution in [2.45, 2.75) is 44.6 Å². The molecule has 86 valence electrons. The van der Waals surface area contributed by atoms with Crippen LogP contribution in [0.4, 0.5) is 0 Å². The summed E-state index contributed by atoms with van der Waals surface area (Å²) in [6.07, 6.45) is 4.66. The minimum absolute atomic E-state index is 0.235. The molecule has 0 radical (unpaired) electrons. The second-order valence-corrected chi connectivity index (χ2v) is 5.02. The topological polar surface area (TPSA) is 26.0 Å². The van der Waals surface area contributed by atoms with Gasteiger partial charge >= 0.3 is 0 Å². The quantitative estimate of drug-likeness (QED) is 0.768. The van der Waals surface area contributed by atoms with Gasteiger partial charge in [-0.1, -0.05) is 29.8 Å². The molecule has 0 fully saturated rings. The fourth-order valence-electron chi connectivity index (χ4n) is 2.78. The van der Waals surface area contributed by atoms with Crippen LogP contribution in [0.2, 0.25) is 0 Å². The highest BCUT2D eigenvalue weighted by Crippen LogP contribution is 2.34. The molecule has 0 aromatic heterocycles. The molecular weight excluding hydrogens is 194 g/mol. The van der Waals surface area contributed by atoms with Gasteiger partial charge in [-0.05, 0) is 49.7 Å². The largest absolute Gasteiger partial charge is 0.327 e. The Kier molecular flexibility index (Phi) is 3.45. The van der Waals surface area contributed by atoms with Gasteiger partial charge in [0.25, 0.3) is 0 Å². The van der Waals surface area contributed by atoms with Crippen LogP contribution in [0.3, 0.4) is 0 Å². The van der Waals surface area contributed by atoms with Crippen LogP contribution in [0.1, 0.15) is 43.2 Å². The van der Waals surface area contributed by atoms with E-state index in [1.165, 1.54) is 36.0 Å². The lowest BCUT2D eigenvalue weighted by Crippen LogP contribution is -2.31. The molecule has 2 N–H and O–H groups in total. The molecule has 16 heavy (non-hydrogen) atoms. The monoisotopic (exact) mass is 215 g/mol. The molecular formula is C15H21N. The summed E-state index contributed by atoms with van der Waals surface area (Å²) in [6, 6.07) is 8.99. The number of hydrogen-bond acceptors (Lipinski definition) is 1.